The molecule has 1 N–H and O–H groups in total. The van der Waals surface area contributed by atoms with Crippen molar-refractivity contribution in [2.45, 2.75) is 17.7 Å². The number of hydrogen-bond acceptors (Lipinski definition) is 3. The van der Waals surface area contributed by atoms with Crippen molar-refractivity contribution in [1.82, 2.24) is 4.72 Å². The molecular formula is C16H18ClNO3S. The highest BCUT2D eigenvalue weighted by Crippen LogP contribution is 2.27. The van der Waals surface area contributed by atoms with Gasteiger partial charge in [0.05, 0.1) is 7.11 Å². The SMILES string of the molecule is COc1ccc(Cl)cc1S(=O)(=O)NC[C@@H](C)c1ccccc1. The topological polar surface area (TPSA) is 55.4 Å². The first kappa shape index (κ1) is 16.8. The monoisotopic (exact) mass is 339 g/mol. The molecule has 118 valence electrons. The highest BCUT2D eigenvalue weighted by Gasteiger charge is 2.20. The minimum Gasteiger partial charge on any atom is -0.495 e. The predicted molar refractivity (Wildman–Crippen MR) is 88.0 cm³/mol. The molecule has 0 aliphatic rings. The van der Waals surface area contributed by atoms with Gasteiger partial charge in [-0.05, 0) is 29.7 Å². The molecule has 2 aromatic carbocycles. The van der Waals surface area contributed by atoms with Gasteiger partial charge in [0.1, 0.15) is 10.6 Å². The van der Waals surface area contributed by atoms with Crippen molar-refractivity contribution in [3.8, 4) is 5.75 Å². The largest absolute Gasteiger partial charge is 0.495 e. The van der Waals surface area contributed by atoms with Gasteiger partial charge in [0, 0.05) is 11.6 Å². The fourth-order valence-electron chi connectivity index (χ4n) is 2.07. The lowest BCUT2D eigenvalue weighted by molar-refractivity contribution is 0.402. The minimum atomic E-state index is -3.69. The lowest BCUT2D eigenvalue weighted by Crippen LogP contribution is -2.28. The van der Waals surface area contributed by atoms with E-state index >= 15 is 0 Å². The zero-order valence-electron chi connectivity index (χ0n) is 12.4. The summed E-state index contributed by atoms with van der Waals surface area (Å²) in [4.78, 5) is 0.0442. The number of ether oxygens (including phenoxy) is 1. The van der Waals surface area contributed by atoms with Crippen molar-refractivity contribution in [1.29, 1.82) is 0 Å². The lowest BCUT2D eigenvalue weighted by atomic mass is 10.0. The maximum Gasteiger partial charge on any atom is 0.244 e. The summed E-state index contributed by atoms with van der Waals surface area (Å²) in [5, 5.41) is 0.345. The summed E-state index contributed by atoms with van der Waals surface area (Å²) in [6.07, 6.45) is 0. The smallest absolute Gasteiger partial charge is 0.244 e. The Bertz CT molecular complexity index is 732. The normalized spacial score (nSPS) is 12.9. The van der Waals surface area contributed by atoms with Crippen LogP contribution in [0.4, 0.5) is 0 Å². The fourth-order valence-corrected chi connectivity index (χ4v) is 3.63. The molecule has 1 atom stereocenters. The summed E-state index contributed by atoms with van der Waals surface area (Å²) < 4.78 is 32.6. The van der Waals surface area contributed by atoms with Crippen LogP contribution in [0.25, 0.3) is 0 Å². The number of sulfonamides is 1. The Morgan fingerprint density at radius 1 is 1.18 bits per heavy atom. The number of halogens is 1. The van der Waals surface area contributed by atoms with E-state index in [0.29, 0.717) is 11.6 Å². The molecule has 0 heterocycles. The first-order chi connectivity index (χ1) is 10.4. The molecule has 0 saturated heterocycles. The van der Waals surface area contributed by atoms with Crippen LogP contribution in [0.1, 0.15) is 18.4 Å². The lowest BCUT2D eigenvalue weighted by Gasteiger charge is -2.15. The van der Waals surface area contributed by atoms with E-state index in [4.69, 9.17) is 16.3 Å². The van der Waals surface area contributed by atoms with Crippen LogP contribution in [0, 0.1) is 0 Å². The minimum absolute atomic E-state index is 0.0442. The zero-order valence-corrected chi connectivity index (χ0v) is 14.0. The van der Waals surface area contributed by atoms with Crippen molar-refractivity contribution >= 4 is 21.6 Å². The highest BCUT2D eigenvalue weighted by atomic mass is 35.5. The standard InChI is InChI=1S/C16H18ClNO3S/c1-12(13-6-4-3-5-7-13)11-18-22(19,20)16-10-14(17)8-9-15(16)21-2/h3-10,12,18H,11H2,1-2H3/t12-/m1/s1. The van der Waals surface area contributed by atoms with E-state index in [1.54, 1.807) is 6.07 Å². The van der Waals surface area contributed by atoms with Gasteiger partial charge >= 0.3 is 0 Å². The van der Waals surface area contributed by atoms with Crippen LogP contribution in [-0.2, 0) is 10.0 Å². The number of methoxy groups -OCH3 is 1. The molecule has 0 radical (unpaired) electrons. The van der Waals surface area contributed by atoms with Crippen LogP contribution in [-0.4, -0.2) is 22.1 Å². The average molecular weight is 340 g/mol. The summed E-state index contributed by atoms with van der Waals surface area (Å²) in [5.74, 6) is 0.324. The van der Waals surface area contributed by atoms with Crippen molar-refractivity contribution in [3.63, 3.8) is 0 Å². The van der Waals surface area contributed by atoms with Crippen LogP contribution in [0.15, 0.2) is 53.4 Å². The molecular weight excluding hydrogens is 322 g/mol. The molecule has 0 saturated carbocycles. The van der Waals surface area contributed by atoms with Crippen LogP contribution in [0.5, 0.6) is 5.75 Å². The fraction of sp³-hybridized carbons (Fsp3) is 0.250. The number of benzene rings is 2. The van der Waals surface area contributed by atoms with E-state index in [1.807, 2.05) is 37.3 Å². The second kappa shape index (κ2) is 7.13. The molecule has 0 unspecified atom stereocenters. The van der Waals surface area contributed by atoms with E-state index in [1.165, 1.54) is 19.2 Å². The van der Waals surface area contributed by atoms with E-state index in [0.717, 1.165) is 5.56 Å². The van der Waals surface area contributed by atoms with Crippen LogP contribution >= 0.6 is 11.6 Å². The summed E-state index contributed by atoms with van der Waals surface area (Å²) in [5.41, 5.74) is 1.07. The van der Waals surface area contributed by atoms with E-state index in [9.17, 15) is 8.42 Å². The Balaban J connectivity index is 2.17. The third kappa shape index (κ3) is 4.00. The molecule has 0 bridgehead atoms. The summed E-state index contributed by atoms with van der Waals surface area (Å²) in [6.45, 7) is 2.26. The van der Waals surface area contributed by atoms with Gasteiger partial charge in [0.15, 0.2) is 0 Å². The van der Waals surface area contributed by atoms with Gasteiger partial charge in [0.2, 0.25) is 10.0 Å². The molecule has 4 nitrogen and oxygen atoms in total. The summed E-state index contributed by atoms with van der Waals surface area (Å²) in [6, 6.07) is 14.2. The van der Waals surface area contributed by atoms with Crippen LogP contribution < -0.4 is 9.46 Å². The number of nitrogens with one attached hydrogen (secondary N) is 1. The third-order valence-electron chi connectivity index (χ3n) is 3.36. The molecule has 0 spiro atoms. The van der Waals surface area contributed by atoms with Gasteiger partial charge in [0.25, 0.3) is 0 Å². The number of hydrogen-bond donors (Lipinski definition) is 1. The molecule has 2 aromatic rings. The highest BCUT2D eigenvalue weighted by molar-refractivity contribution is 7.89. The Hall–Kier alpha value is -1.56. The Morgan fingerprint density at radius 2 is 1.86 bits per heavy atom. The van der Waals surface area contributed by atoms with Crippen molar-refractivity contribution in [2.24, 2.45) is 0 Å². The zero-order chi connectivity index (χ0) is 16.2. The van der Waals surface area contributed by atoms with E-state index in [-0.39, 0.29) is 16.6 Å². The first-order valence-corrected chi connectivity index (χ1v) is 8.68. The maximum atomic E-state index is 12.5. The molecule has 2 rings (SSSR count). The average Bonchev–Trinajstić information content (AvgIpc) is 2.53. The third-order valence-corrected chi connectivity index (χ3v) is 5.04. The van der Waals surface area contributed by atoms with Crippen LogP contribution in [0.3, 0.4) is 0 Å². The number of rotatable bonds is 6. The van der Waals surface area contributed by atoms with E-state index < -0.39 is 10.0 Å². The van der Waals surface area contributed by atoms with Crippen molar-refractivity contribution in [2.75, 3.05) is 13.7 Å². The molecule has 0 aliphatic heterocycles. The Kier molecular flexibility index (Phi) is 5.45. The second-order valence-corrected chi connectivity index (χ2v) is 7.13. The molecule has 0 aromatic heterocycles. The molecule has 0 fully saturated rings. The molecule has 0 amide bonds. The predicted octanol–water partition coefficient (Wildman–Crippen LogP) is 3.43. The quantitative estimate of drug-likeness (QED) is 0.877. The van der Waals surface area contributed by atoms with Crippen molar-refractivity contribution in [3.05, 3.63) is 59.1 Å². The molecule has 6 heteroatoms. The second-order valence-electron chi connectivity index (χ2n) is 4.96. The maximum absolute atomic E-state index is 12.5. The van der Waals surface area contributed by atoms with Gasteiger partial charge in [-0.3, -0.25) is 0 Å². The van der Waals surface area contributed by atoms with Crippen molar-refractivity contribution < 1.29 is 13.2 Å². The molecule has 0 aliphatic carbocycles. The summed E-state index contributed by atoms with van der Waals surface area (Å²) in [7, 11) is -2.26. The van der Waals surface area contributed by atoms with Gasteiger partial charge in [-0.2, -0.15) is 0 Å². The van der Waals surface area contributed by atoms with Gasteiger partial charge < -0.3 is 4.74 Å². The van der Waals surface area contributed by atoms with E-state index in [2.05, 4.69) is 4.72 Å². The van der Waals surface area contributed by atoms with Gasteiger partial charge in [-0.1, -0.05) is 48.9 Å². The van der Waals surface area contributed by atoms with Gasteiger partial charge in [-0.25, -0.2) is 13.1 Å². The molecule has 22 heavy (non-hydrogen) atoms. The van der Waals surface area contributed by atoms with Crippen LogP contribution in [0.2, 0.25) is 5.02 Å². The van der Waals surface area contributed by atoms with Gasteiger partial charge in [-0.15, -0.1) is 0 Å². The Labute approximate surface area is 136 Å². The first-order valence-electron chi connectivity index (χ1n) is 6.82. The summed E-state index contributed by atoms with van der Waals surface area (Å²) >= 11 is 5.89. The Morgan fingerprint density at radius 3 is 2.50 bits per heavy atom.